The average Bonchev–Trinajstić information content (AvgIpc) is 2.27. The summed E-state index contributed by atoms with van der Waals surface area (Å²) in [5, 5.41) is 0. The molecule has 0 spiro atoms. The number of aldehydes is 1. The molecule has 1 aromatic carbocycles. The lowest BCUT2D eigenvalue weighted by molar-refractivity contribution is -0.107. The zero-order chi connectivity index (χ0) is 10.9. The maximum Gasteiger partial charge on any atom is 0.124 e. The highest BCUT2D eigenvalue weighted by Crippen LogP contribution is 2.12. The first-order valence-electron chi connectivity index (χ1n) is 5.52. The van der Waals surface area contributed by atoms with E-state index in [0.717, 1.165) is 30.6 Å². The molecule has 0 heterocycles. The summed E-state index contributed by atoms with van der Waals surface area (Å²) in [6.45, 7) is 2.95. The van der Waals surface area contributed by atoms with Crippen LogP contribution < -0.4 is 4.74 Å². The van der Waals surface area contributed by atoms with E-state index in [-0.39, 0.29) is 0 Å². The molecule has 0 radical (unpaired) electrons. The van der Waals surface area contributed by atoms with Crippen LogP contribution in [0.4, 0.5) is 0 Å². The van der Waals surface area contributed by atoms with Crippen LogP contribution in [0.5, 0.6) is 5.75 Å². The third-order valence-corrected chi connectivity index (χ3v) is 2.26. The van der Waals surface area contributed by atoms with E-state index in [1.165, 1.54) is 12.8 Å². The summed E-state index contributed by atoms with van der Waals surface area (Å²) in [4.78, 5) is 10.3. The fourth-order valence-corrected chi connectivity index (χ4v) is 1.36. The Morgan fingerprint density at radius 3 is 2.53 bits per heavy atom. The van der Waals surface area contributed by atoms with Gasteiger partial charge in [0.05, 0.1) is 6.61 Å². The van der Waals surface area contributed by atoms with E-state index in [2.05, 4.69) is 6.92 Å². The molecule has 2 heteroatoms. The lowest BCUT2D eigenvalue weighted by Crippen LogP contribution is -1.97. The second-order valence-electron chi connectivity index (χ2n) is 3.57. The van der Waals surface area contributed by atoms with Gasteiger partial charge in [-0.05, 0) is 24.1 Å². The fraction of sp³-hybridized carbons (Fsp3) is 0.462. The predicted octanol–water partition coefficient (Wildman–Crippen LogP) is 3.00. The summed E-state index contributed by atoms with van der Waals surface area (Å²) in [7, 11) is 0. The Balaban J connectivity index is 2.32. The monoisotopic (exact) mass is 206 g/mol. The minimum Gasteiger partial charge on any atom is -0.494 e. The summed E-state index contributed by atoms with van der Waals surface area (Å²) in [6.07, 6.45) is 4.92. The number of carbonyl (C=O) groups excluding carboxylic acids is 1. The van der Waals surface area contributed by atoms with E-state index in [1.807, 2.05) is 24.3 Å². The van der Waals surface area contributed by atoms with Gasteiger partial charge in [-0.25, -0.2) is 0 Å². The van der Waals surface area contributed by atoms with Crippen LogP contribution >= 0.6 is 0 Å². The van der Waals surface area contributed by atoms with E-state index in [1.54, 1.807) is 0 Å². The molecule has 0 aromatic heterocycles. The topological polar surface area (TPSA) is 26.3 Å². The van der Waals surface area contributed by atoms with Crippen molar-refractivity contribution in [3.8, 4) is 5.75 Å². The van der Waals surface area contributed by atoms with Gasteiger partial charge in [-0.15, -0.1) is 0 Å². The fourth-order valence-electron chi connectivity index (χ4n) is 1.36. The molecule has 0 aliphatic carbocycles. The van der Waals surface area contributed by atoms with Crippen molar-refractivity contribution in [2.45, 2.75) is 32.6 Å². The SMILES string of the molecule is CCCCCOc1ccc(CC=O)cc1. The van der Waals surface area contributed by atoms with Crippen molar-refractivity contribution in [3.63, 3.8) is 0 Å². The number of rotatable bonds is 7. The van der Waals surface area contributed by atoms with Gasteiger partial charge in [0.1, 0.15) is 12.0 Å². The highest BCUT2D eigenvalue weighted by Gasteiger charge is 1.94. The van der Waals surface area contributed by atoms with Crippen LogP contribution in [-0.4, -0.2) is 12.9 Å². The van der Waals surface area contributed by atoms with Crippen LogP contribution in [0.15, 0.2) is 24.3 Å². The molecule has 15 heavy (non-hydrogen) atoms. The summed E-state index contributed by atoms with van der Waals surface area (Å²) in [6, 6.07) is 7.71. The molecule has 2 nitrogen and oxygen atoms in total. The smallest absolute Gasteiger partial charge is 0.124 e. The van der Waals surface area contributed by atoms with Crippen LogP contribution in [0.1, 0.15) is 31.7 Å². The quantitative estimate of drug-likeness (QED) is 0.506. The molecule has 82 valence electrons. The molecule has 0 fully saturated rings. The van der Waals surface area contributed by atoms with Crippen molar-refractivity contribution in [2.75, 3.05) is 6.61 Å². The van der Waals surface area contributed by atoms with Crippen molar-refractivity contribution in [1.82, 2.24) is 0 Å². The van der Waals surface area contributed by atoms with Gasteiger partial charge in [0.2, 0.25) is 0 Å². The first-order chi connectivity index (χ1) is 7.36. The maximum atomic E-state index is 10.3. The van der Waals surface area contributed by atoms with Crippen molar-refractivity contribution < 1.29 is 9.53 Å². The molecule has 0 N–H and O–H groups in total. The second kappa shape index (κ2) is 7.04. The van der Waals surface area contributed by atoms with E-state index < -0.39 is 0 Å². The van der Waals surface area contributed by atoms with E-state index in [0.29, 0.717) is 6.42 Å². The number of carbonyl (C=O) groups is 1. The number of hydrogen-bond donors (Lipinski definition) is 0. The standard InChI is InChI=1S/C13H18O2/c1-2-3-4-11-15-13-7-5-12(6-8-13)9-10-14/h5-8,10H,2-4,9,11H2,1H3. The Morgan fingerprint density at radius 1 is 1.20 bits per heavy atom. The molecule has 1 rings (SSSR count). The molecule has 0 saturated heterocycles. The van der Waals surface area contributed by atoms with E-state index in [9.17, 15) is 4.79 Å². The summed E-state index contributed by atoms with van der Waals surface area (Å²) in [5.74, 6) is 0.890. The van der Waals surface area contributed by atoms with Gasteiger partial charge in [0.15, 0.2) is 0 Å². The molecular formula is C13H18O2. The van der Waals surface area contributed by atoms with Crippen LogP contribution in [0, 0.1) is 0 Å². The Kier molecular flexibility index (Phi) is 5.52. The highest BCUT2D eigenvalue weighted by molar-refractivity contribution is 5.55. The summed E-state index contributed by atoms with van der Waals surface area (Å²) >= 11 is 0. The first-order valence-corrected chi connectivity index (χ1v) is 5.52. The van der Waals surface area contributed by atoms with Gasteiger partial charge in [-0.2, -0.15) is 0 Å². The molecule has 1 aromatic rings. The Bertz CT molecular complexity index is 277. The van der Waals surface area contributed by atoms with Gasteiger partial charge >= 0.3 is 0 Å². The molecule has 0 aliphatic rings. The molecule has 0 amide bonds. The number of ether oxygens (including phenoxy) is 1. The summed E-state index contributed by atoms with van der Waals surface area (Å²) in [5.41, 5.74) is 1.03. The lowest BCUT2D eigenvalue weighted by atomic mass is 10.2. The Morgan fingerprint density at radius 2 is 1.93 bits per heavy atom. The lowest BCUT2D eigenvalue weighted by Gasteiger charge is -2.05. The average molecular weight is 206 g/mol. The number of benzene rings is 1. The van der Waals surface area contributed by atoms with Gasteiger partial charge in [-0.3, -0.25) is 0 Å². The minimum absolute atomic E-state index is 0.482. The highest BCUT2D eigenvalue weighted by atomic mass is 16.5. The first kappa shape index (κ1) is 11.8. The van der Waals surface area contributed by atoms with Crippen molar-refractivity contribution in [2.24, 2.45) is 0 Å². The maximum absolute atomic E-state index is 10.3. The third kappa shape index (κ3) is 4.63. The normalized spacial score (nSPS) is 9.93. The van der Waals surface area contributed by atoms with Crippen molar-refractivity contribution in [3.05, 3.63) is 29.8 Å². The molecule has 0 unspecified atom stereocenters. The van der Waals surface area contributed by atoms with Crippen LogP contribution in [0.3, 0.4) is 0 Å². The Labute approximate surface area is 91.3 Å². The molecule has 0 bridgehead atoms. The third-order valence-electron chi connectivity index (χ3n) is 2.26. The van der Waals surface area contributed by atoms with Crippen LogP contribution in [0.2, 0.25) is 0 Å². The minimum atomic E-state index is 0.482. The molecule has 0 atom stereocenters. The van der Waals surface area contributed by atoms with Gasteiger partial charge in [-0.1, -0.05) is 31.9 Å². The molecular weight excluding hydrogens is 188 g/mol. The number of hydrogen-bond acceptors (Lipinski definition) is 2. The molecule has 0 saturated carbocycles. The van der Waals surface area contributed by atoms with E-state index >= 15 is 0 Å². The van der Waals surface area contributed by atoms with Crippen molar-refractivity contribution in [1.29, 1.82) is 0 Å². The molecule has 0 aliphatic heterocycles. The second-order valence-corrected chi connectivity index (χ2v) is 3.57. The summed E-state index contributed by atoms with van der Waals surface area (Å²) < 4.78 is 5.55. The Hall–Kier alpha value is -1.31. The van der Waals surface area contributed by atoms with Gasteiger partial charge < -0.3 is 9.53 Å². The van der Waals surface area contributed by atoms with E-state index in [4.69, 9.17) is 4.74 Å². The van der Waals surface area contributed by atoms with Crippen LogP contribution in [-0.2, 0) is 11.2 Å². The zero-order valence-electron chi connectivity index (χ0n) is 9.24. The number of unbranched alkanes of at least 4 members (excludes halogenated alkanes) is 2. The van der Waals surface area contributed by atoms with Crippen LogP contribution in [0.25, 0.3) is 0 Å². The van der Waals surface area contributed by atoms with Gasteiger partial charge in [0.25, 0.3) is 0 Å². The zero-order valence-corrected chi connectivity index (χ0v) is 9.24. The predicted molar refractivity (Wildman–Crippen MR) is 61.2 cm³/mol. The van der Waals surface area contributed by atoms with Crippen molar-refractivity contribution >= 4 is 6.29 Å². The largest absolute Gasteiger partial charge is 0.494 e. The van der Waals surface area contributed by atoms with Gasteiger partial charge in [0, 0.05) is 6.42 Å².